The van der Waals surface area contributed by atoms with Crippen molar-refractivity contribution >= 4 is 62.1 Å². The van der Waals surface area contributed by atoms with Crippen molar-refractivity contribution in [1.82, 2.24) is 9.47 Å². The number of amidine groups is 1. The number of amides is 1. The molecule has 0 unspecified atom stereocenters. The number of halogens is 2. The molecule has 0 spiro atoms. The SMILES string of the molecule is Cc1ccc(-n2c(C)cc(/C=C3\SC(=Nc4ccc(Br)c(Cl)c4)N(C)C3=O)c2C)cc1C. The fraction of sp³-hybridized carbons (Fsp3) is 0.200. The van der Waals surface area contributed by atoms with Crippen LogP contribution in [0.4, 0.5) is 5.69 Å². The molecule has 1 amide bonds. The van der Waals surface area contributed by atoms with Crippen LogP contribution in [-0.2, 0) is 4.79 Å². The monoisotopic (exact) mass is 527 g/mol. The van der Waals surface area contributed by atoms with Crippen molar-refractivity contribution in [3.63, 3.8) is 0 Å². The fourth-order valence-corrected chi connectivity index (χ4v) is 5.05. The normalized spacial score (nSPS) is 16.6. The Labute approximate surface area is 206 Å². The van der Waals surface area contributed by atoms with Gasteiger partial charge in [-0.25, -0.2) is 4.99 Å². The van der Waals surface area contributed by atoms with Gasteiger partial charge in [0.15, 0.2) is 5.17 Å². The summed E-state index contributed by atoms with van der Waals surface area (Å²) in [5.74, 6) is -0.0621. The molecule has 164 valence electrons. The largest absolute Gasteiger partial charge is 0.318 e. The van der Waals surface area contributed by atoms with Crippen molar-refractivity contribution in [3.8, 4) is 5.69 Å². The maximum Gasteiger partial charge on any atom is 0.266 e. The second kappa shape index (κ2) is 8.93. The van der Waals surface area contributed by atoms with Gasteiger partial charge in [0.1, 0.15) is 0 Å². The Morgan fingerprint density at radius 3 is 2.47 bits per heavy atom. The lowest BCUT2D eigenvalue weighted by atomic mass is 10.1. The van der Waals surface area contributed by atoms with Crippen LogP contribution in [-0.4, -0.2) is 27.6 Å². The van der Waals surface area contributed by atoms with E-state index in [0.29, 0.717) is 20.8 Å². The second-order valence-electron chi connectivity index (χ2n) is 7.90. The number of carbonyl (C=O) groups excluding carboxylic acids is 1. The van der Waals surface area contributed by atoms with Crippen molar-refractivity contribution in [2.45, 2.75) is 27.7 Å². The van der Waals surface area contributed by atoms with Gasteiger partial charge in [0.2, 0.25) is 0 Å². The summed E-state index contributed by atoms with van der Waals surface area (Å²) in [4.78, 5) is 19.8. The molecule has 7 heteroatoms. The van der Waals surface area contributed by atoms with E-state index in [0.717, 1.165) is 27.1 Å². The minimum Gasteiger partial charge on any atom is -0.318 e. The van der Waals surface area contributed by atoms with Crippen molar-refractivity contribution in [3.05, 3.63) is 84.9 Å². The summed E-state index contributed by atoms with van der Waals surface area (Å²) in [6.45, 7) is 8.41. The molecule has 1 aliphatic rings. The van der Waals surface area contributed by atoms with Gasteiger partial charge >= 0.3 is 0 Å². The quantitative estimate of drug-likeness (QED) is 0.333. The first kappa shape index (κ1) is 22.9. The van der Waals surface area contributed by atoms with Gasteiger partial charge in [0.25, 0.3) is 5.91 Å². The van der Waals surface area contributed by atoms with Crippen molar-refractivity contribution < 1.29 is 4.79 Å². The third-order valence-corrected chi connectivity index (χ3v) is 7.93. The molecular formula is C25H23BrClN3OS. The van der Waals surface area contributed by atoms with Crippen LogP contribution in [0.1, 0.15) is 28.1 Å². The first-order valence-electron chi connectivity index (χ1n) is 10.1. The van der Waals surface area contributed by atoms with E-state index in [-0.39, 0.29) is 5.91 Å². The van der Waals surface area contributed by atoms with Gasteiger partial charge in [-0.05, 0) is 115 Å². The Kier molecular flexibility index (Phi) is 6.39. The molecule has 0 saturated carbocycles. The average molecular weight is 529 g/mol. The summed E-state index contributed by atoms with van der Waals surface area (Å²) >= 11 is 10.9. The summed E-state index contributed by atoms with van der Waals surface area (Å²) in [5.41, 5.74) is 7.61. The highest BCUT2D eigenvalue weighted by atomic mass is 79.9. The molecule has 1 aliphatic heterocycles. The van der Waals surface area contributed by atoms with Gasteiger partial charge in [-0.2, -0.15) is 0 Å². The Bertz CT molecular complexity index is 1310. The fourth-order valence-electron chi connectivity index (χ4n) is 3.65. The summed E-state index contributed by atoms with van der Waals surface area (Å²) in [5, 5.41) is 1.21. The summed E-state index contributed by atoms with van der Waals surface area (Å²) in [6.07, 6.45) is 1.96. The zero-order chi connectivity index (χ0) is 23.2. The van der Waals surface area contributed by atoms with E-state index in [2.05, 4.69) is 77.4 Å². The van der Waals surface area contributed by atoms with E-state index >= 15 is 0 Å². The van der Waals surface area contributed by atoms with Crippen LogP contribution >= 0.6 is 39.3 Å². The highest BCUT2D eigenvalue weighted by molar-refractivity contribution is 9.10. The topological polar surface area (TPSA) is 37.6 Å². The van der Waals surface area contributed by atoms with E-state index in [4.69, 9.17) is 11.6 Å². The number of likely N-dealkylation sites (N-methyl/N-ethyl adjacent to an activating group) is 1. The number of carbonyl (C=O) groups is 1. The van der Waals surface area contributed by atoms with Crippen LogP contribution in [0.3, 0.4) is 0 Å². The number of aryl methyl sites for hydroxylation is 3. The first-order chi connectivity index (χ1) is 15.2. The van der Waals surface area contributed by atoms with E-state index in [1.807, 2.05) is 18.2 Å². The van der Waals surface area contributed by atoms with Crippen molar-refractivity contribution in [1.29, 1.82) is 0 Å². The zero-order valence-electron chi connectivity index (χ0n) is 18.5. The predicted octanol–water partition coefficient (Wildman–Crippen LogP) is 7.36. The van der Waals surface area contributed by atoms with Crippen LogP contribution in [0.5, 0.6) is 0 Å². The molecule has 0 atom stereocenters. The van der Waals surface area contributed by atoms with Crippen LogP contribution < -0.4 is 0 Å². The van der Waals surface area contributed by atoms with Gasteiger partial charge in [-0.15, -0.1) is 0 Å². The predicted molar refractivity (Wildman–Crippen MR) is 139 cm³/mol. The van der Waals surface area contributed by atoms with Gasteiger partial charge < -0.3 is 4.57 Å². The number of thioether (sulfide) groups is 1. The maximum absolute atomic E-state index is 12.9. The summed E-state index contributed by atoms with van der Waals surface area (Å²) in [6, 6.07) is 14.1. The molecule has 1 saturated heterocycles. The van der Waals surface area contributed by atoms with E-state index in [1.54, 1.807) is 18.0 Å². The van der Waals surface area contributed by atoms with Gasteiger partial charge in [0, 0.05) is 28.6 Å². The molecule has 1 fully saturated rings. The van der Waals surface area contributed by atoms with E-state index in [1.165, 1.54) is 22.9 Å². The number of hydrogen-bond acceptors (Lipinski definition) is 3. The molecule has 0 aliphatic carbocycles. The molecule has 0 N–H and O–H groups in total. The summed E-state index contributed by atoms with van der Waals surface area (Å²) in [7, 11) is 1.74. The molecule has 4 rings (SSSR count). The number of nitrogens with zero attached hydrogens (tertiary/aromatic N) is 3. The van der Waals surface area contributed by atoms with Crippen LogP contribution in [0, 0.1) is 27.7 Å². The zero-order valence-corrected chi connectivity index (χ0v) is 21.7. The van der Waals surface area contributed by atoms with E-state index < -0.39 is 0 Å². The smallest absolute Gasteiger partial charge is 0.266 e. The minimum atomic E-state index is -0.0621. The number of aliphatic imine (C=N–C) groups is 1. The molecule has 2 aromatic carbocycles. The number of rotatable bonds is 3. The highest BCUT2D eigenvalue weighted by Crippen LogP contribution is 2.35. The lowest BCUT2D eigenvalue weighted by Gasteiger charge is -2.11. The number of aromatic nitrogens is 1. The van der Waals surface area contributed by atoms with Crippen LogP contribution in [0.15, 0.2) is 56.8 Å². The maximum atomic E-state index is 12.9. The number of hydrogen-bond donors (Lipinski definition) is 0. The van der Waals surface area contributed by atoms with Crippen LogP contribution in [0.2, 0.25) is 5.02 Å². The Balaban J connectivity index is 1.68. The summed E-state index contributed by atoms with van der Waals surface area (Å²) < 4.78 is 3.04. The average Bonchev–Trinajstić information content (AvgIpc) is 3.17. The highest BCUT2D eigenvalue weighted by Gasteiger charge is 2.30. The molecular weight excluding hydrogens is 506 g/mol. The van der Waals surface area contributed by atoms with Gasteiger partial charge in [0.05, 0.1) is 15.6 Å². The molecule has 0 bridgehead atoms. The molecule has 0 radical (unpaired) electrons. The lowest BCUT2D eigenvalue weighted by Crippen LogP contribution is -2.23. The molecule has 1 aromatic heterocycles. The molecule has 3 aromatic rings. The van der Waals surface area contributed by atoms with Gasteiger partial charge in [-0.1, -0.05) is 17.7 Å². The van der Waals surface area contributed by atoms with Crippen molar-refractivity contribution in [2.75, 3.05) is 7.05 Å². The third-order valence-electron chi connectivity index (χ3n) is 5.64. The standard InChI is InChI=1S/C25H23BrClN3OS/c1-14-6-8-20(10-15(14)2)30-16(3)11-18(17(30)4)12-23-24(31)29(5)25(32-23)28-19-7-9-21(26)22(27)13-19/h6-13H,1-5H3/b23-12-,28-25?. The minimum absolute atomic E-state index is 0.0621. The second-order valence-corrected chi connectivity index (χ2v) is 10.2. The number of benzene rings is 2. The van der Waals surface area contributed by atoms with E-state index in [9.17, 15) is 4.79 Å². The Hall–Kier alpha value is -2.28. The first-order valence-corrected chi connectivity index (χ1v) is 12.1. The third kappa shape index (κ3) is 4.32. The lowest BCUT2D eigenvalue weighted by molar-refractivity contribution is -0.121. The Morgan fingerprint density at radius 1 is 1.03 bits per heavy atom. The van der Waals surface area contributed by atoms with Crippen molar-refractivity contribution in [2.24, 2.45) is 4.99 Å². The van der Waals surface area contributed by atoms with Crippen LogP contribution in [0.25, 0.3) is 11.8 Å². The molecule has 32 heavy (non-hydrogen) atoms. The molecule has 2 heterocycles. The Morgan fingerprint density at radius 2 is 1.78 bits per heavy atom. The molecule has 4 nitrogen and oxygen atoms in total. The van der Waals surface area contributed by atoms with Gasteiger partial charge in [-0.3, -0.25) is 9.69 Å².